The summed E-state index contributed by atoms with van der Waals surface area (Å²) >= 11 is 5.23. The number of pyridine rings is 1. The van der Waals surface area contributed by atoms with Gasteiger partial charge in [0.15, 0.2) is 0 Å². The average molecular weight is 225 g/mol. The number of rotatable bonds is 2. The van der Waals surface area contributed by atoms with E-state index in [0.29, 0.717) is 6.07 Å². The fraction of sp³-hybridized carbons (Fsp3) is 0.167. The van der Waals surface area contributed by atoms with Crippen LogP contribution in [0.5, 0.6) is 0 Å². The van der Waals surface area contributed by atoms with E-state index in [0.717, 1.165) is 0 Å². The third kappa shape index (κ3) is 1.87. The summed E-state index contributed by atoms with van der Waals surface area (Å²) in [6.45, 7) is 0. The lowest BCUT2D eigenvalue weighted by atomic mass is 10.3. The summed E-state index contributed by atoms with van der Waals surface area (Å²) in [5.74, 6) is -0.718. The number of hydrogen-bond donors (Lipinski definition) is 1. The van der Waals surface area contributed by atoms with E-state index >= 15 is 0 Å². The molecule has 14 heavy (non-hydrogen) atoms. The highest BCUT2D eigenvalue weighted by Gasteiger charge is 2.21. The van der Waals surface area contributed by atoms with Crippen molar-refractivity contribution >= 4 is 17.4 Å². The lowest BCUT2D eigenvalue weighted by Crippen LogP contribution is -2.11. The Labute approximate surface area is 80.5 Å². The first kappa shape index (κ1) is 10.6. The van der Waals surface area contributed by atoms with Crippen LogP contribution in [0.1, 0.15) is 12.0 Å². The van der Waals surface area contributed by atoms with E-state index in [-0.39, 0.29) is 0 Å². The molecule has 0 saturated carbocycles. The van der Waals surface area contributed by atoms with Crippen LogP contribution in [-0.4, -0.2) is 9.91 Å². The molecule has 1 aromatic heterocycles. The molecule has 1 rings (SSSR count). The lowest BCUT2D eigenvalue weighted by Gasteiger charge is -1.99. The van der Waals surface area contributed by atoms with Crippen molar-refractivity contribution in [3.63, 3.8) is 0 Å². The van der Waals surface area contributed by atoms with E-state index in [4.69, 9.17) is 11.6 Å². The number of halogens is 3. The molecule has 0 fully saturated rings. The highest BCUT2D eigenvalue weighted by atomic mass is 35.5. The van der Waals surface area contributed by atoms with E-state index in [2.05, 4.69) is 0 Å². The number of nitrogens with zero attached hydrogens (tertiary/aromatic N) is 1. The monoisotopic (exact) mass is 224 g/mol. The fourth-order valence-electron chi connectivity index (χ4n) is 0.828. The summed E-state index contributed by atoms with van der Waals surface area (Å²) in [4.78, 5) is 22.0. The van der Waals surface area contributed by atoms with Gasteiger partial charge in [-0.05, 0) is 16.5 Å². The summed E-state index contributed by atoms with van der Waals surface area (Å²) in [5.41, 5.74) is -2.12. The highest BCUT2D eigenvalue weighted by Crippen LogP contribution is 2.23. The van der Waals surface area contributed by atoms with Crippen LogP contribution >= 0.6 is 11.6 Å². The lowest BCUT2D eigenvalue weighted by molar-refractivity contribution is -0.389. The van der Waals surface area contributed by atoms with Gasteiger partial charge >= 0.3 is 5.82 Å². The molecule has 5 nitrogen and oxygen atoms in total. The molecule has 0 aliphatic rings. The largest absolute Gasteiger partial charge is 0.358 e. The molecule has 0 aliphatic carbocycles. The first-order valence-electron chi connectivity index (χ1n) is 3.28. The SMILES string of the molecule is O=c1cc([N+](=O)[O-])[nH]c(Cl)c1C(F)F. The van der Waals surface area contributed by atoms with Gasteiger partial charge < -0.3 is 10.1 Å². The van der Waals surface area contributed by atoms with E-state index in [1.807, 2.05) is 4.98 Å². The number of hydrogen-bond acceptors (Lipinski definition) is 3. The molecule has 8 heteroatoms. The predicted octanol–water partition coefficient (Wildman–Crippen LogP) is 1.87. The topological polar surface area (TPSA) is 76.0 Å². The Kier molecular flexibility index (Phi) is 2.80. The summed E-state index contributed by atoms with van der Waals surface area (Å²) < 4.78 is 24.3. The van der Waals surface area contributed by atoms with Crippen molar-refractivity contribution in [2.45, 2.75) is 6.43 Å². The third-order valence-electron chi connectivity index (χ3n) is 1.42. The average Bonchev–Trinajstić information content (AvgIpc) is 2.01. The Bertz CT molecular complexity index is 432. The van der Waals surface area contributed by atoms with Gasteiger partial charge in [-0.25, -0.2) is 13.8 Å². The molecule has 0 radical (unpaired) electrons. The number of alkyl halides is 2. The van der Waals surface area contributed by atoms with E-state index in [1.165, 1.54) is 0 Å². The van der Waals surface area contributed by atoms with Crippen molar-refractivity contribution < 1.29 is 13.7 Å². The van der Waals surface area contributed by atoms with E-state index in [9.17, 15) is 23.7 Å². The molecule has 0 unspecified atom stereocenters. The normalized spacial score (nSPS) is 10.6. The summed E-state index contributed by atoms with van der Waals surface area (Å²) in [7, 11) is 0. The zero-order chi connectivity index (χ0) is 10.9. The fourth-order valence-corrected chi connectivity index (χ4v) is 1.10. The Morgan fingerprint density at radius 3 is 2.50 bits per heavy atom. The van der Waals surface area contributed by atoms with Crippen molar-refractivity contribution in [1.29, 1.82) is 0 Å². The molecule has 0 amide bonds. The standard InChI is InChI=1S/C6H3ClF2N2O3/c7-5-4(6(8)9)2(12)1-3(10-5)11(13)14/h1,6H,(H,10,12). The minimum atomic E-state index is -3.06. The number of aromatic nitrogens is 1. The minimum absolute atomic E-state index is 0.466. The zero-order valence-electron chi connectivity index (χ0n) is 6.46. The molecule has 0 spiro atoms. The van der Waals surface area contributed by atoms with Gasteiger partial charge in [0.2, 0.25) is 10.6 Å². The summed E-state index contributed by atoms with van der Waals surface area (Å²) in [5, 5.41) is 9.47. The van der Waals surface area contributed by atoms with Crippen LogP contribution in [-0.2, 0) is 0 Å². The third-order valence-corrected chi connectivity index (χ3v) is 1.72. The smallest absolute Gasteiger partial charge is 0.325 e. The molecule has 0 aromatic carbocycles. The van der Waals surface area contributed by atoms with Gasteiger partial charge in [0.1, 0.15) is 5.56 Å². The Morgan fingerprint density at radius 1 is 1.57 bits per heavy atom. The van der Waals surface area contributed by atoms with Gasteiger partial charge in [-0.2, -0.15) is 0 Å². The second kappa shape index (κ2) is 3.70. The van der Waals surface area contributed by atoms with Crippen molar-refractivity contribution in [2.75, 3.05) is 0 Å². The van der Waals surface area contributed by atoms with Gasteiger partial charge in [-0.3, -0.25) is 4.79 Å². The van der Waals surface area contributed by atoms with Crippen molar-refractivity contribution in [3.05, 3.63) is 37.1 Å². The van der Waals surface area contributed by atoms with E-state index in [1.54, 1.807) is 0 Å². The van der Waals surface area contributed by atoms with E-state index < -0.39 is 33.3 Å². The van der Waals surface area contributed by atoms with Crippen LogP contribution in [0.25, 0.3) is 0 Å². The van der Waals surface area contributed by atoms with Crippen molar-refractivity contribution in [2.24, 2.45) is 0 Å². The van der Waals surface area contributed by atoms with Gasteiger partial charge in [0.25, 0.3) is 6.43 Å². The molecule has 0 aliphatic heterocycles. The molecule has 0 saturated heterocycles. The van der Waals surface area contributed by atoms with Crippen LogP contribution < -0.4 is 5.43 Å². The zero-order valence-corrected chi connectivity index (χ0v) is 7.22. The molecular weight excluding hydrogens is 222 g/mol. The Hall–Kier alpha value is -1.50. The number of aromatic amines is 1. The van der Waals surface area contributed by atoms with Crippen LogP contribution in [0.3, 0.4) is 0 Å². The molecule has 1 N–H and O–H groups in total. The second-order valence-electron chi connectivity index (χ2n) is 2.30. The molecule has 0 atom stereocenters. The van der Waals surface area contributed by atoms with Gasteiger partial charge in [-0.1, -0.05) is 0 Å². The minimum Gasteiger partial charge on any atom is -0.358 e. The number of nitrogens with one attached hydrogen (secondary N) is 1. The quantitative estimate of drug-likeness (QED) is 0.473. The van der Waals surface area contributed by atoms with Crippen LogP contribution in [0.4, 0.5) is 14.6 Å². The Morgan fingerprint density at radius 2 is 2.14 bits per heavy atom. The van der Waals surface area contributed by atoms with Crippen LogP contribution in [0, 0.1) is 10.1 Å². The van der Waals surface area contributed by atoms with Gasteiger partial charge in [0, 0.05) is 0 Å². The predicted molar refractivity (Wildman–Crippen MR) is 43.7 cm³/mol. The second-order valence-corrected chi connectivity index (χ2v) is 2.68. The van der Waals surface area contributed by atoms with Crippen molar-refractivity contribution in [3.8, 4) is 0 Å². The number of nitro groups is 1. The molecular formula is C6H3ClF2N2O3. The number of H-pyrrole nitrogens is 1. The summed E-state index contributed by atoms with van der Waals surface area (Å²) in [6, 6.07) is 0.466. The van der Waals surface area contributed by atoms with Crippen molar-refractivity contribution in [1.82, 2.24) is 4.98 Å². The van der Waals surface area contributed by atoms with Gasteiger partial charge in [0.05, 0.1) is 6.07 Å². The maximum atomic E-state index is 12.1. The maximum Gasteiger partial charge on any atom is 0.325 e. The highest BCUT2D eigenvalue weighted by molar-refractivity contribution is 6.30. The summed E-state index contributed by atoms with van der Waals surface area (Å²) in [6.07, 6.45) is -3.06. The Balaban J connectivity index is 3.40. The van der Waals surface area contributed by atoms with Crippen LogP contribution in [0.15, 0.2) is 10.9 Å². The first-order chi connectivity index (χ1) is 6.43. The van der Waals surface area contributed by atoms with Gasteiger partial charge in [-0.15, -0.1) is 0 Å². The van der Waals surface area contributed by atoms with Crippen LogP contribution in [0.2, 0.25) is 5.15 Å². The first-order valence-corrected chi connectivity index (χ1v) is 3.66. The molecule has 76 valence electrons. The molecule has 1 heterocycles. The molecule has 0 bridgehead atoms. The maximum absolute atomic E-state index is 12.1. The molecule has 1 aromatic rings.